The van der Waals surface area contributed by atoms with Gasteiger partial charge in [-0.05, 0) is 30.5 Å². The molecule has 0 unspecified atom stereocenters. The van der Waals surface area contributed by atoms with E-state index in [2.05, 4.69) is 10.3 Å². The van der Waals surface area contributed by atoms with Crippen LogP contribution in [0.4, 0.5) is 5.69 Å². The van der Waals surface area contributed by atoms with E-state index in [4.69, 9.17) is 4.42 Å². The van der Waals surface area contributed by atoms with Crippen LogP contribution in [0, 0.1) is 6.92 Å². The molecule has 1 aromatic heterocycles. The molecule has 0 radical (unpaired) electrons. The summed E-state index contributed by atoms with van der Waals surface area (Å²) in [5.74, 6) is -0.0743. The zero-order chi connectivity index (χ0) is 19.3. The lowest BCUT2D eigenvalue weighted by molar-refractivity contribution is -0.121. The van der Waals surface area contributed by atoms with Crippen LogP contribution in [0.25, 0.3) is 0 Å². The Morgan fingerprint density at radius 1 is 1.18 bits per heavy atom. The van der Waals surface area contributed by atoms with Crippen molar-refractivity contribution in [2.75, 3.05) is 11.9 Å². The van der Waals surface area contributed by atoms with Crippen molar-refractivity contribution in [3.8, 4) is 0 Å². The molecule has 0 saturated carbocycles. The minimum atomic E-state index is -0.818. The highest BCUT2D eigenvalue weighted by Crippen LogP contribution is 2.54. The Balaban J connectivity index is 1.69. The van der Waals surface area contributed by atoms with Gasteiger partial charge in [-0.3, -0.25) is 9.59 Å². The quantitative estimate of drug-likeness (QED) is 0.746. The summed E-state index contributed by atoms with van der Waals surface area (Å²) in [5, 5.41) is 3.02. The number of fused-ring (bicyclic) bond motifs is 2. The summed E-state index contributed by atoms with van der Waals surface area (Å²) in [6, 6.07) is 17.1. The van der Waals surface area contributed by atoms with Crippen molar-refractivity contribution in [2.24, 2.45) is 0 Å². The number of hydrogen-bond donors (Lipinski definition) is 1. The third-order valence-electron chi connectivity index (χ3n) is 5.90. The molecule has 6 heteroatoms. The van der Waals surface area contributed by atoms with Crippen LogP contribution in [0.15, 0.2) is 65.4 Å². The standard InChI is InChI=1S/C22H19N3O3/c1-14-18(28-13-23-14)20(26)25-12-11-22(19(25)15-7-3-2-4-8-15)16-9-5-6-10-17(16)24-21(22)27/h2-10,13,19H,11-12H2,1H3,(H,24,27)/t19-,22+/m0/s1. The van der Waals surface area contributed by atoms with Gasteiger partial charge < -0.3 is 14.6 Å². The third-order valence-corrected chi connectivity index (χ3v) is 5.90. The minimum Gasteiger partial charge on any atom is -0.438 e. The van der Waals surface area contributed by atoms with E-state index in [0.717, 1.165) is 16.8 Å². The number of anilines is 1. The molecule has 1 spiro atoms. The van der Waals surface area contributed by atoms with E-state index in [1.807, 2.05) is 54.6 Å². The normalized spacial score (nSPS) is 23.1. The molecule has 3 heterocycles. The lowest BCUT2D eigenvalue weighted by Gasteiger charge is -2.34. The molecular weight excluding hydrogens is 354 g/mol. The van der Waals surface area contributed by atoms with E-state index >= 15 is 0 Å². The Kier molecular flexibility index (Phi) is 3.62. The smallest absolute Gasteiger partial charge is 0.292 e. The fraction of sp³-hybridized carbons (Fsp3) is 0.227. The summed E-state index contributed by atoms with van der Waals surface area (Å²) < 4.78 is 5.37. The third kappa shape index (κ3) is 2.17. The summed E-state index contributed by atoms with van der Waals surface area (Å²) in [4.78, 5) is 32.4. The Hall–Kier alpha value is -3.41. The minimum absolute atomic E-state index is 0.0628. The van der Waals surface area contributed by atoms with Gasteiger partial charge in [0.25, 0.3) is 5.91 Å². The number of oxazole rings is 1. The molecule has 0 bridgehead atoms. The molecule has 1 saturated heterocycles. The molecule has 2 atom stereocenters. The average molecular weight is 373 g/mol. The number of carbonyl (C=O) groups is 2. The van der Waals surface area contributed by atoms with Crippen molar-refractivity contribution in [1.29, 1.82) is 0 Å². The number of para-hydroxylation sites is 1. The number of benzene rings is 2. The van der Waals surface area contributed by atoms with Crippen molar-refractivity contribution in [3.63, 3.8) is 0 Å². The lowest BCUT2D eigenvalue weighted by atomic mass is 9.72. The Labute approximate surface area is 162 Å². The maximum Gasteiger partial charge on any atom is 0.292 e. The van der Waals surface area contributed by atoms with Gasteiger partial charge in [-0.1, -0.05) is 48.5 Å². The van der Waals surface area contributed by atoms with Gasteiger partial charge in [-0.2, -0.15) is 0 Å². The van der Waals surface area contributed by atoms with Crippen LogP contribution in [0.3, 0.4) is 0 Å². The highest BCUT2D eigenvalue weighted by molar-refractivity contribution is 6.08. The van der Waals surface area contributed by atoms with E-state index in [9.17, 15) is 9.59 Å². The van der Waals surface area contributed by atoms with E-state index in [1.165, 1.54) is 6.39 Å². The number of rotatable bonds is 2. The van der Waals surface area contributed by atoms with Crippen molar-refractivity contribution in [2.45, 2.75) is 24.8 Å². The molecule has 0 aliphatic carbocycles. The van der Waals surface area contributed by atoms with Crippen LogP contribution < -0.4 is 5.32 Å². The molecule has 2 aromatic carbocycles. The van der Waals surface area contributed by atoms with Gasteiger partial charge in [0, 0.05) is 12.2 Å². The fourth-order valence-electron chi connectivity index (χ4n) is 4.64. The zero-order valence-electron chi connectivity index (χ0n) is 15.4. The summed E-state index contributed by atoms with van der Waals surface area (Å²) in [6.07, 6.45) is 1.83. The largest absolute Gasteiger partial charge is 0.438 e. The summed E-state index contributed by atoms with van der Waals surface area (Å²) >= 11 is 0. The average Bonchev–Trinajstić information content (AvgIpc) is 3.40. The first-order chi connectivity index (χ1) is 13.6. The molecule has 3 aromatic rings. The lowest BCUT2D eigenvalue weighted by Crippen LogP contribution is -2.42. The van der Waals surface area contributed by atoms with E-state index in [0.29, 0.717) is 18.7 Å². The molecular formula is C22H19N3O3. The van der Waals surface area contributed by atoms with Gasteiger partial charge in [0.2, 0.25) is 11.7 Å². The summed E-state index contributed by atoms with van der Waals surface area (Å²) in [6.45, 7) is 2.21. The second kappa shape index (κ2) is 6.05. The second-order valence-corrected chi connectivity index (χ2v) is 7.30. The number of nitrogens with zero attached hydrogens (tertiary/aromatic N) is 2. The summed E-state index contributed by atoms with van der Waals surface area (Å²) in [5.41, 5.74) is 2.42. The summed E-state index contributed by atoms with van der Waals surface area (Å²) in [7, 11) is 0. The number of nitrogens with one attached hydrogen (secondary N) is 1. The van der Waals surface area contributed by atoms with Crippen LogP contribution in [-0.2, 0) is 10.2 Å². The van der Waals surface area contributed by atoms with Crippen LogP contribution in [0.2, 0.25) is 0 Å². The molecule has 1 fully saturated rings. The Morgan fingerprint density at radius 2 is 1.93 bits per heavy atom. The number of amides is 2. The number of carbonyl (C=O) groups excluding carboxylic acids is 2. The van der Waals surface area contributed by atoms with Crippen LogP contribution in [-0.4, -0.2) is 28.2 Å². The second-order valence-electron chi connectivity index (χ2n) is 7.30. The highest BCUT2D eigenvalue weighted by atomic mass is 16.3. The van der Waals surface area contributed by atoms with Gasteiger partial charge in [0.05, 0.1) is 11.7 Å². The molecule has 2 aliphatic heterocycles. The van der Waals surface area contributed by atoms with Gasteiger partial charge >= 0.3 is 0 Å². The molecule has 6 nitrogen and oxygen atoms in total. The number of likely N-dealkylation sites (tertiary alicyclic amines) is 1. The van der Waals surface area contributed by atoms with Gasteiger partial charge in [0.15, 0.2) is 6.39 Å². The Bertz CT molecular complexity index is 1080. The molecule has 5 rings (SSSR count). The van der Waals surface area contributed by atoms with Crippen LogP contribution in [0.5, 0.6) is 0 Å². The Morgan fingerprint density at radius 3 is 2.68 bits per heavy atom. The predicted molar refractivity (Wildman–Crippen MR) is 103 cm³/mol. The first-order valence-corrected chi connectivity index (χ1v) is 9.30. The SMILES string of the molecule is Cc1ncoc1C(=O)N1CC[C@]2(C(=O)Nc3ccccc32)[C@@H]1c1ccccc1. The van der Waals surface area contributed by atoms with Gasteiger partial charge in [0.1, 0.15) is 5.41 Å². The van der Waals surface area contributed by atoms with Crippen LogP contribution >= 0.6 is 0 Å². The van der Waals surface area contributed by atoms with E-state index < -0.39 is 11.5 Å². The number of aromatic nitrogens is 1. The van der Waals surface area contributed by atoms with Crippen LogP contribution in [0.1, 0.15) is 39.8 Å². The molecule has 2 aliphatic rings. The number of hydrogen-bond acceptors (Lipinski definition) is 4. The maximum atomic E-state index is 13.3. The monoisotopic (exact) mass is 373 g/mol. The first kappa shape index (κ1) is 16.7. The van der Waals surface area contributed by atoms with E-state index in [1.54, 1.807) is 11.8 Å². The first-order valence-electron chi connectivity index (χ1n) is 9.30. The van der Waals surface area contributed by atoms with Gasteiger partial charge in [-0.15, -0.1) is 0 Å². The van der Waals surface area contributed by atoms with Gasteiger partial charge in [-0.25, -0.2) is 4.98 Å². The number of aryl methyl sites for hydroxylation is 1. The zero-order valence-corrected chi connectivity index (χ0v) is 15.4. The van der Waals surface area contributed by atoms with Crippen molar-refractivity contribution in [3.05, 3.63) is 83.6 Å². The molecule has 2 amide bonds. The van der Waals surface area contributed by atoms with Crippen molar-refractivity contribution >= 4 is 17.5 Å². The van der Waals surface area contributed by atoms with Crippen molar-refractivity contribution in [1.82, 2.24) is 9.88 Å². The fourth-order valence-corrected chi connectivity index (χ4v) is 4.64. The highest BCUT2D eigenvalue weighted by Gasteiger charge is 2.59. The molecule has 140 valence electrons. The molecule has 1 N–H and O–H groups in total. The topological polar surface area (TPSA) is 75.4 Å². The van der Waals surface area contributed by atoms with Crippen molar-refractivity contribution < 1.29 is 14.0 Å². The van der Waals surface area contributed by atoms with E-state index in [-0.39, 0.29) is 17.6 Å². The predicted octanol–water partition coefficient (Wildman–Crippen LogP) is 3.46. The molecule has 28 heavy (non-hydrogen) atoms. The maximum absolute atomic E-state index is 13.3.